The zero-order valence-electron chi connectivity index (χ0n) is 3.85. The lowest BCUT2D eigenvalue weighted by Crippen LogP contribution is -2.18. The van der Waals surface area contributed by atoms with E-state index in [1.165, 1.54) is 0 Å². The quantitative estimate of drug-likeness (QED) is 0.491. The molecule has 0 radical (unpaired) electrons. The van der Waals surface area contributed by atoms with E-state index in [2.05, 4.69) is 4.74 Å². The van der Waals surface area contributed by atoms with Gasteiger partial charge in [0.1, 0.15) is 12.3 Å². The van der Waals surface area contributed by atoms with E-state index in [1.54, 1.807) is 0 Å². The second-order valence-electron chi connectivity index (χ2n) is 1.76. The van der Waals surface area contributed by atoms with Gasteiger partial charge in [0, 0.05) is 0 Å². The average molecular weight is 106 g/mol. The second-order valence-corrected chi connectivity index (χ2v) is 1.76. The van der Waals surface area contributed by atoms with Crippen LogP contribution in [0.3, 0.4) is 0 Å². The van der Waals surface area contributed by atoms with Crippen LogP contribution in [0.1, 0.15) is 0 Å². The zero-order valence-corrected chi connectivity index (χ0v) is 3.85. The summed E-state index contributed by atoms with van der Waals surface area (Å²) in [6.07, 6.45) is 0. The van der Waals surface area contributed by atoms with Gasteiger partial charge in [-0.3, -0.25) is 0 Å². The van der Waals surface area contributed by atoms with Crippen LogP contribution in [0.2, 0.25) is 0 Å². The Balaban J connectivity index is 2.28. The van der Waals surface area contributed by atoms with Crippen molar-refractivity contribution in [2.75, 3.05) is 19.9 Å². The molecule has 0 saturated carbocycles. The van der Waals surface area contributed by atoms with E-state index < -0.39 is 12.3 Å². The SMILES string of the molecule is OC[C@]1(CF)CO1. The minimum atomic E-state index is -0.778. The summed E-state index contributed by atoms with van der Waals surface area (Å²) in [4.78, 5) is 0. The molecule has 7 heavy (non-hydrogen) atoms. The van der Waals surface area contributed by atoms with Crippen LogP contribution < -0.4 is 0 Å². The molecule has 0 aromatic heterocycles. The molecule has 1 heterocycles. The van der Waals surface area contributed by atoms with Gasteiger partial charge in [0.25, 0.3) is 0 Å². The molecule has 0 aromatic carbocycles. The molecule has 0 spiro atoms. The summed E-state index contributed by atoms with van der Waals surface area (Å²) in [5, 5.41) is 8.29. The minimum absolute atomic E-state index is 0.191. The molecule has 0 aromatic rings. The van der Waals surface area contributed by atoms with Crippen molar-refractivity contribution in [1.29, 1.82) is 0 Å². The Hall–Kier alpha value is -0.150. The molecular formula is C4H7FO2. The van der Waals surface area contributed by atoms with E-state index in [0.717, 1.165) is 0 Å². The summed E-state index contributed by atoms with van der Waals surface area (Å²) in [6.45, 7) is -0.382. The highest BCUT2D eigenvalue weighted by Crippen LogP contribution is 2.25. The predicted molar refractivity (Wildman–Crippen MR) is 21.7 cm³/mol. The van der Waals surface area contributed by atoms with Gasteiger partial charge in [-0.15, -0.1) is 0 Å². The van der Waals surface area contributed by atoms with Gasteiger partial charge in [-0.2, -0.15) is 0 Å². The Bertz CT molecular complexity index is 64.1. The first-order chi connectivity index (χ1) is 3.33. The molecular weight excluding hydrogens is 99.0 g/mol. The van der Waals surface area contributed by atoms with Gasteiger partial charge in [-0.1, -0.05) is 0 Å². The third-order valence-corrected chi connectivity index (χ3v) is 1.08. The van der Waals surface area contributed by atoms with E-state index in [4.69, 9.17) is 5.11 Å². The van der Waals surface area contributed by atoms with Gasteiger partial charge in [0.15, 0.2) is 0 Å². The van der Waals surface area contributed by atoms with E-state index in [1.807, 2.05) is 0 Å². The van der Waals surface area contributed by atoms with Crippen LogP contribution in [0.4, 0.5) is 4.39 Å². The summed E-state index contributed by atoms with van der Waals surface area (Å²) >= 11 is 0. The highest BCUT2D eigenvalue weighted by molar-refractivity contribution is 4.90. The molecule has 0 unspecified atom stereocenters. The Labute approximate surface area is 40.9 Å². The first-order valence-electron chi connectivity index (χ1n) is 2.14. The van der Waals surface area contributed by atoms with Crippen LogP contribution in [0.25, 0.3) is 0 Å². The van der Waals surface area contributed by atoms with Crippen molar-refractivity contribution < 1.29 is 14.2 Å². The van der Waals surface area contributed by atoms with Gasteiger partial charge in [-0.05, 0) is 0 Å². The highest BCUT2D eigenvalue weighted by Gasteiger charge is 2.44. The Morgan fingerprint density at radius 3 is 2.43 bits per heavy atom. The number of hydrogen-bond acceptors (Lipinski definition) is 2. The maximum atomic E-state index is 11.5. The molecule has 3 heteroatoms. The van der Waals surface area contributed by atoms with Gasteiger partial charge in [0.2, 0.25) is 0 Å². The standard InChI is InChI=1S/C4H7FO2/c5-1-4(2-6)3-7-4/h6H,1-3H2/t4-/m1/s1. The Morgan fingerprint density at radius 1 is 1.86 bits per heavy atom. The normalized spacial score (nSPS) is 38.6. The number of ether oxygens (including phenoxy) is 1. The Kier molecular flexibility index (Phi) is 1.01. The van der Waals surface area contributed by atoms with Crippen LogP contribution in [-0.2, 0) is 4.74 Å². The smallest absolute Gasteiger partial charge is 0.143 e. The van der Waals surface area contributed by atoms with E-state index >= 15 is 0 Å². The number of halogens is 1. The second kappa shape index (κ2) is 1.42. The van der Waals surface area contributed by atoms with Gasteiger partial charge < -0.3 is 9.84 Å². The molecule has 1 fully saturated rings. The summed E-state index contributed by atoms with van der Waals surface area (Å²) < 4.78 is 16.1. The largest absolute Gasteiger partial charge is 0.393 e. The maximum absolute atomic E-state index is 11.5. The predicted octanol–water partition coefficient (Wildman–Crippen LogP) is -0.283. The van der Waals surface area contributed by atoms with Crippen LogP contribution in [-0.4, -0.2) is 30.6 Å². The number of epoxide rings is 1. The van der Waals surface area contributed by atoms with Crippen molar-refractivity contribution in [2.24, 2.45) is 0 Å². The lowest BCUT2D eigenvalue weighted by molar-refractivity contribution is 0.146. The van der Waals surface area contributed by atoms with Gasteiger partial charge >= 0.3 is 0 Å². The lowest BCUT2D eigenvalue weighted by Gasteiger charge is -1.96. The minimum Gasteiger partial charge on any atom is -0.393 e. The first-order valence-corrected chi connectivity index (χ1v) is 2.14. The number of alkyl halides is 1. The number of rotatable bonds is 2. The molecule has 1 rings (SSSR count). The number of aliphatic hydroxyl groups excluding tert-OH is 1. The van der Waals surface area contributed by atoms with Crippen LogP contribution >= 0.6 is 0 Å². The molecule has 2 nitrogen and oxygen atoms in total. The number of hydrogen-bond donors (Lipinski definition) is 1. The van der Waals surface area contributed by atoms with Crippen molar-refractivity contribution in [1.82, 2.24) is 0 Å². The van der Waals surface area contributed by atoms with E-state index in [0.29, 0.717) is 6.61 Å². The van der Waals surface area contributed by atoms with Crippen LogP contribution in [0.5, 0.6) is 0 Å². The molecule has 0 bridgehead atoms. The molecule has 1 aliphatic rings. The van der Waals surface area contributed by atoms with Crippen molar-refractivity contribution >= 4 is 0 Å². The monoisotopic (exact) mass is 106 g/mol. The lowest BCUT2D eigenvalue weighted by atomic mass is 10.2. The van der Waals surface area contributed by atoms with Crippen molar-refractivity contribution in [3.63, 3.8) is 0 Å². The molecule has 0 aliphatic carbocycles. The first kappa shape index (κ1) is 5.00. The fourth-order valence-electron chi connectivity index (χ4n) is 0.313. The summed E-state index contributed by atoms with van der Waals surface area (Å²) in [7, 11) is 0. The number of aliphatic hydroxyl groups is 1. The van der Waals surface area contributed by atoms with Gasteiger partial charge in [0.05, 0.1) is 13.2 Å². The highest BCUT2D eigenvalue weighted by atomic mass is 19.1. The molecule has 42 valence electrons. The molecule has 1 saturated heterocycles. The third kappa shape index (κ3) is 0.737. The molecule has 1 atom stereocenters. The van der Waals surface area contributed by atoms with E-state index in [-0.39, 0.29) is 6.61 Å². The molecule has 0 amide bonds. The summed E-state index contributed by atoms with van der Waals surface area (Å²) in [5.41, 5.74) is -0.778. The topological polar surface area (TPSA) is 32.8 Å². The van der Waals surface area contributed by atoms with Gasteiger partial charge in [-0.25, -0.2) is 4.39 Å². The average Bonchev–Trinajstić information content (AvgIpc) is 2.46. The fraction of sp³-hybridized carbons (Fsp3) is 1.00. The van der Waals surface area contributed by atoms with Crippen molar-refractivity contribution in [3.05, 3.63) is 0 Å². The fourth-order valence-corrected chi connectivity index (χ4v) is 0.313. The third-order valence-electron chi connectivity index (χ3n) is 1.08. The molecule has 1 aliphatic heterocycles. The van der Waals surface area contributed by atoms with Crippen LogP contribution in [0.15, 0.2) is 0 Å². The molecule has 1 N–H and O–H groups in total. The summed E-state index contributed by atoms with van der Waals surface area (Å²) in [6, 6.07) is 0. The maximum Gasteiger partial charge on any atom is 0.143 e. The summed E-state index contributed by atoms with van der Waals surface area (Å²) in [5.74, 6) is 0. The zero-order chi connectivity index (χ0) is 5.33. The Morgan fingerprint density at radius 2 is 2.43 bits per heavy atom. The van der Waals surface area contributed by atoms with Crippen molar-refractivity contribution in [3.8, 4) is 0 Å². The van der Waals surface area contributed by atoms with Crippen molar-refractivity contribution in [2.45, 2.75) is 5.60 Å². The van der Waals surface area contributed by atoms with E-state index in [9.17, 15) is 4.39 Å². The van der Waals surface area contributed by atoms with Crippen LogP contribution in [0, 0.1) is 0 Å².